The van der Waals surface area contributed by atoms with Crippen LogP contribution in [0, 0.1) is 6.92 Å². The third-order valence-corrected chi connectivity index (χ3v) is 4.94. The molecule has 0 unspecified atom stereocenters. The lowest BCUT2D eigenvalue weighted by atomic mass is 10.2. The van der Waals surface area contributed by atoms with Gasteiger partial charge in [-0.3, -0.25) is 4.98 Å². The number of rotatable bonds is 3. The zero-order valence-electron chi connectivity index (χ0n) is 15.4. The first-order valence-electron chi connectivity index (χ1n) is 9.56. The van der Waals surface area contributed by atoms with Crippen molar-refractivity contribution in [2.24, 2.45) is 0 Å². The van der Waals surface area contributed by atoms with Gasteiger partial charge >= 0.3 is 0 Å². The highest BCUT2D eigenvalue weighted by Crippen LogP contribution is 2.23. The van der Waals surface area contributed by atoms with Crippen LogP contribution in [-0.2, 0) is 4.74 Å². The number of morpholine rings is 1. The Morgan fingerprint density at radius 2 is 1.50 bits per heavy atom. The lowest BCUT2D eigenvalue weighted by Gasteiger charge is -2.28. The summed E-state index contributed by atoms with van der Waals surface area (Å²) in [6.07, 6.45) is 6.76. The summed E-state index contributed by atoms with van der Waals surface area (Å²) in [5.41, 5.74) is 1.96. The van der Waals surface area contributed by atoms with Crippen LogP contribution >= 0.6 is 0 Å². The summed E-state index contributed by atoms with van der Waals surface area (Å²) in [5, 5.41) is 0. The fraction of sp³-hybridized carbons (Fsp3) is 0.579. The largest absolute Gasteiger partial charge is 0.378 e. The highest BCUT2D eigenvalue weighted by Gasteiger charge is 2.21. The molecule has 2 saturated heterocycles. The van der Waals surface area contributed by atoms with Gasteiger partial charge in [-0.25, -0.2) is 0 Å². The second-order valence-corrected chi connectivity index (χ2v) is 6.98. The van der Waals surface area contributed by atoms with E-state index >= 15 is 0 Å². The Hall–Kier alpha value is -2.28. The van der Waals surface area contributed by atoms with Crippen molar-refractivity contribution in [2.45, 2.75) is 32.6 Å². The number of hydrogen-bond acceptors (Lipinski definition) is 7. The molecule has 0 spiro atoms. The minimum atomic E-state index is 0.657. The molecule has 2 aromatic heterocycles. The maximum atomic E-state index is 5.48. The lowest BCUT2D eigenvalue weighted by molar-refractivity contribution is 0.122. The van der Waals surface area contributed by atoms with Gasteiger partial charge in [0.1, 0.15) is 5.69 Å². The van der Waals surface area contributed by atoms with Gasteiger partial charge in [-0.2, -0.15) is 15.0 Å². The quantitative estimate of drug-likeness (QED) is 0.839. The molecule has 26 heavy (non-hydrogen) atoms. The number of pyridine rings is 1. The molecular formula is C19H26N6O. The van der Waals surface area contributed by atoms with Crippen molar-refractivity contribution in [3.05, 3.63) is 23.9 Å². The monoisotopic (exact) mass is 354 g/mol. The van der Waals surface area contributed by atoms with Crippen molar-refractivity contribution in [2.75, 3.05) is 49.2 Å². The van der Waals surface area contributed by atoms with E-state index < -0.39 is 0 Å². The summed E-state index contributed by atoms with van der Waals surface area (Å²) in [6, 6.07) is 4.02. The van der Waals surface area contributed by atoms with Gasteiger partial charge in [0.25, 0.3) is 0 Å². The highest BCUT2D eigenvalue weighted by atomic mass is 16.5. The van der Waals surface area contributed by atoms with Gasteiger partial charge in [0.15, 0.2) is 5.82 Å². The van der Waals surface area contributed by atoms with Gasteiger partial charge in [-0.05, 0) is 37.5 Å². The van der Waals surface area contributed by atoms with E-state index in [1.165, 1.54) is 25.7 Å². The first kappa shape index (κ1) is 17.1. The number of ether oxygens (including phenoxy) is 1. The van der Waals surface area contributed by atoms with E-state index in [-0.39, 0.29) is 0 Å². The Kier molecular flexibility index (Phi) is 5.24. The van der Waals surface area contributed by atoms with Crippen LogP contribution in [0.5, 0.6) is 0 Å². The van der Waals surface area contributed by atoms with Crippen molar-refractivity contribution in [3.8, 4) is 11.5 Å². The van der Waals surface area contributed by atoms with Crippen molar-refractivity contribution >= 4 is 11.9 Å². The second kappa shape index (κ2) is 7.95. The van der Waals surface area contributed by atoms with Gasteiger partial charge in [0.2, 0.25) is 11.9 Å². The number of aryl methyl sites for hydroxylation is 1. The Morgan fingerprint density at radius 3 is 2.15 bits per heavy atom. The average Bonchev–Trinajstić information content (AvgIpc) is 2.98. The molecule has 0 aliphatic carbocycles. The molecule has 0 radical (unpaired) electrons. The molecular weight excluding hydrogens is 328 g/mol. The Balaban J connectivity index is 1.73. The van der Waals surface area contributed by atoms with Crippen molar-refractivity contribution in [1.82, 2.24) is 19.9 Å². The summed E-state index contributed by atoms with van der Waals surface area (Å²) in [4.78, 5) is 23.3. The summed E-state index contributed by atoms with van der Waals surface area (Å²) in [6.45, 7) is 7.12. The van der Waals surface area contributed by atoms with E-state index in [0.29, 0.717) is 19.0 Å². The Morgan fingerprint density at radius 1 is 0.846 bits per heavy atom. The minimum Gasteiger partial charge on any atom is -0.378 e. The van der Waals surface area contributed by atoms with E-state index in [9.17, 15) is 0 Å². The molecule has 7 nitrogen and oxygen atoms in total. The molecule has 4 heterocycles. The highest BCUT2D eigenvalue weighted by molar-refractivity contribution is 5.55. The summed E-state index contributed by atoms with van der Waals surface area (Å²) in [5.74, 6) is 2.17. The molecule has 2 aliphatic heterocycles. The molecule has 4 rings (SSSR count). The van der Waals surface area contributed by atoms with E-state index in [4.69, 9.17) is 19.7 Å². The smallest absolute Gasteiger partial charge is 0.230 e. The third kappa shape index (κ3) is 3.93. The SMILES string of the molecule is Cc1ccnc(-c2nc(N3CCCCCC3)nc(N3CCOCC3)n2)c1. The van der Waals surface area contributed by atoms with Gasteiger partial charge < -0.3 is 14.5 Å². The first-order valence-corrected chi connectivity index (χ1v) is 9.56. The van der Waals surface area contributed by atoms with E-state index in [2.05, 4.69) is 21.7 Å². The van der Waals surface area contributed by atoms with Crippen LogP contribution in [-0.4, -0.2) is 59.3 Å². The molecule has 138 valence electrons. The number of anilines is 2. The van der Waals surface area contributed by atoms with E-state index in [0.717, 1.165) is 49.3 Å². The maximum Gasteiger partial charge on any atom is 0.230 e. The van der Waals surface area contributed by atoms with Crippen LogP contribution in [0.25, 0.3) is 11.5 Å². The van der Waals surface area contributed by atoms with Crippen LogP contribution in [0.4, 0.5) is 11.9 Å². The molecule has 2 fully saturated rings. The van der Waals surface area contributed by atoms with Crippen LogP contribution in [0.15, 0.2) is 18.3 Å². The van der Waals surface area contributed by atoms with Crippen molar-refractivity contribution < 1.29 is 4.74 Å². The third-order valence-electron chi connectivity index (χ3n) is 4.94. The van der Waals surface area contributed by atoms with E-state index in [1.807, 2.05) is 18.3 Å². The maximum absolute atomic E-state index is 5.48. The number of nitrogens with zero attached hydrogens (tertiary/aromatic N) is 6. The topological polar surface area (TPSA) is 67.3 Å². The summed E-state index contributed by atoms with van der Waals surface area (Å²) in [7, 11) is 0. The first-order chi connectivity index (χ1) is 12.8. The van der Waals surface area contributed by atoms with Crippen LogP contribution in [0.1, 0.15) is 31.2 Å². The zero-order valence-corrected chi connectivity index (χ0v) is 15.4. The second-order valence-electron chi connectivity index (χ2n) is 6.98. The standard InChI is InChI=1S/C19H26N6O/c1-15-6-7-20-16(14-15)17-21-18(24-8-4-2-3-5-9-24)23-19(22-17)25-10-12-26-13-11-25/h6-7,14H,2-5,8-13H2,1H3. The normalized spacial score (nSPS) is 18.7. The van der Waals surface area contributed by atoms with E-state index in [1.54, 1.807) is 0 Å². The molecule has 0 amide bonds. The molecule has 2 aliphatic rings. The molecule has 0 aromatic carbocycles. The average molecular weight is 354 g/mol. The molecule has 0 atom stereocenters. The summed E-state index contributed by atoms with van der Waals surface area (Å²) < 4.78 is 5.48. The van der Waals surface area contributed by atoms with Gasteiger partial charge in [0.05, 0.1) is 13.2 Å². The molecule has 0 bridgehead atoms. The number of aromatic nitrogens is 4. The van der Waals surface area contributed by atoms with Gasteiger partial charge in [0, 0.05) is 32.4 Å². The predicted octanol–water partition coefficient (Wildman–Crippen LogP) is 2.46. The lowest BCUT2D eigenvalue weighted by Crippen LogP contribution is -2.38. The minimum absolute atomic E-state index is 0.657. The van der Waals surface area contributed by atoms with Crippen LogP contribution < -0.4 is 9.80 Å². The van der Waals surface area contributed by atoms with Crippen LogP contribution in [0.2, 0.25) is 0 Å². The Labute approximate surface area is 154 Å². The fourth-order valence-electron chi connectivity index (χ4n) is 3.44. The van der Waals surface area contributed by atoms with Gasteiger partial charge in [-0.15, -0.1) is 0 Å². The zero-order chi connectivity index (χ0) is 17.8. The number of hydrogen-bond donors (Lipinski definition) is 0. The molecule has 7 heteroatoms. The van der Waals surface area contributed by atoms with Gasteiger partial charge in [-0.1, -0.05) is 12.8 Å². The fourth-order valence-corrected chi connectivity index (χ4v) is 3.44. The van der Waals surface area contributed by atoms with Crippen LogP contribution in [0.3, 0.4) is 0 Å². The molecule has 0 N–H and O–H groups in total. The van der Waals surface area contributed by atoms with Crippen molar-refractivity contribution in [1.29, 1.82) is 0 Å². The molecule has 2 aromatic rings. The predicted molar refractivity (Wildman–Crippen MR) is 102 cm³/mol. The summed E-state index contributed by atoms with van der Waals surface area (Å²) >= 11 is 0. The molecule has 0 saturated carbocycles. The Bertz CT molecular complexity index is 739. The van der Waals surface area contributed by atoms with Crippen molar-refractivity contribution in [3.63, 3.8) is 0 Å².